The van der Waals surface area contributed by atoms with Gasteiger partial charge < -0.3 is 15.1 Å². The highest BCUT2D eigenvalue weighted by Crippen LogP contribution is 2.25. The molecular formula is C28H39N7. The minimum absolute atomic E-state index is 0.783. The van der Waals surface area contributed by atoms with Crippen molar-refractivity contribution in [1.82, 2.24) is 24.8 Å². The van der Waals surface area contributed by atoms with Crippen LogP contribution >= 0.6 is 0 Å². The highest BCUT2D eigenvalue weighted by molar-refractivity contribution is 5.63. The Morgan fingerprint density at radius 1 is 0.971 bits per heavy atom. The van der Waals surface area contributed by atoms with Crippen molar-refractivity contribution >= 4 is 11.5 Å². The monoisotopic (exact) mass is 473 g/mol. The maximum Gasteiger partial charge on any atom is 0.161 e. The molecule has 0 bridgehead atoms. The molecule has 1 N–H and O–H groups in total. The predicted octanol–water partition coefficient (Wildman–Crippen LogP) is 4.23. The predicted molar refractivity (Wildman–Crippen MR) is 145 cm³/mol. The molecule has 4 rings (SSSR count). The molecule has 0 atom stereocenters. The van der Waals surface area contributed by atoms with E-state index in [1.807, 2.05) is 12.3 Å². The molecule has 186 valence electrons. The number of rotatable bonds is 10. The van der Waals surface area contributed by atoms with Gasteiger partial charge in [-0.05, 0) is 70.3 Å². The molecule has 0 unspecified atom stereocenters. The van der Waals surface area contributed by atoms with E-state index in [0.717, 1.165) is 92.9 Å². The number of pyridine rings is 1. The number of anilines is 2. The second-order valence-corrected chi connectivity index (χ2v) is 9.41. The molecule has 35 heavy (non-hydrogen) atoms. The third-order valence-electron chi connectivity index (χ3n) is 6.89. The summed E-state index contributed by atoms with van der Waals surface area (Å²) in [6.07, 6.45) is 2.90. The summed E-state index contributed by atoms with van der Waals surface area (Å²) in [5.74, 6) is 1.72. The standard InChI is InChI=1S/C28H39N7/c1-5-34(21-25-9-6-7-14-29-25)16-8-15-30-27-22(2)23(3)31-28(32-27)24-10-12-26(13-11-24)35-19-17-33(4)18-20-35/h6-7,9-14H,5,8,15-21H2,1-4H3,(H,30,31,32). The summed E-state index contributed by atoms with van der Waals surface area (Å²) in [6.45, 7) is 14.5. The first-order valence-corrected chi connectivity index (χ1v) is 12.8. The minimum atomic E-state index is 0.783. The topological polar surface area (TPSA) is 60.4 Å². The number of nitrogens with one attached hydrogen (secondary N) is 1. The van der Waals surface area contributed by atoms with Crippen LogP contribution in [0.2, 0.25) is 0 Å². The first-order chi connectivity index (χ1) is 17.0. The fourth-order valence-electron chi connectivity index (χ4n) is 4.40. The van der Waals surface area contributed by atoms with Crippen LogP contribution in [0, 0.1) is 13.8 Å². The molecule has 1 saturated heterocycles. The number of hydrogen-bond donors (Lipinski definition) is 1. The molecule has 7 heteroatoms. The van der Waals surface area contributed by atoms with E-state index in [2.05, 4.69) is 89.2 Å². The summed E-state index contributed by atoms with van der Waals surface area (Å²) < 4.78 is 0. The average molecular weight is 474 g/mol. The van der Waals surface area contributed by atoms with Gasteiger partial charge >= 0.3 is 0 Å². The smallest absolute Gasteiger partial charge is 0.161 e. The zero-order valence-electron chi connectivity index (χ0n) is 21.7. The molecule has 3 aromatic rings. The molecule has 1 aliphatic heterocycles. The van der Waals surface area contributed by atoms with Crippen molar-refractivity contribution in [1.29, 1.82) is 0 Å². The number of hydrogen-bond acceptors (Lipinski definition) is 7. The Kier molecular flexibility index (Phi) is 8.66. The molecule has 0 spiro atoms. The molecule has 1 fully saturated rings. The van der Waals surface area contributed by atoms with E-state index in [1.54, 1.807) is 0 Å². The van der Waals surface area contributed by atoms with Gasteiger partial charge in [0.2, 0.25) is 0 Å². The van der Waals surface area contributed by atoms with Crippen LogP contribution in [0.4, 0.5) is 11.5 Å². The van der Waals surface area contributed by atoms with Gasteiger partial charge in [0.15, 0.2) is 5.82 Å². The largest absolute Gasteiger partial charge is 0.370 e. The Morgan fingerprint density at radius 2 is 1.74 bits per heavy atom. The van der Waals surface area contributed by atoms with Crippen molar-refractivity contribution in [3.63, 3.8) is 0 Å². The normalized spacial score (nSPS) is 14.5. The van der Waals surface area contributed by atoms with Gasteiger partial charge in [0, 0.05) is 74.5 Å². The van der Waals surface area contributed by atoms with Gasteiger partial charge in [-0.1, -0.05) is 13.0 Å². The second kappa shape index (κ2) is 12.1. The fourth-order valence-corrected chi connectivity index (χ4v) is 4.40. The lowest BCUT2D eigenvalue weighted by molar-refractivity contribution is 0.276. The van der Waals surface area contributed by atoms with Crippen LogP contribution in [0.25, 0.3) is 11.4 Å². The van der Waals surface area contributed by atoms with Crippen LogP contribution in [0.15, 0.2) is 48.7 Å². The lowest BCUT2D eigenvalue weighted by atomic mass is 10.1. The van der Waals surface area contributed by atoms with Crippen molar-refractivity contribution in [3.05, 3.63) is 65.6 Å². The lowest BCUT2D eigenvalue weighted by Gasteiger charge is -2.34. The third kappa shape index (κ3) is 6.77. The first kappa shape index (κ1) is 25.1. The molecule has 1 aromatic carbocycles. The maximum atomic E-state index is 4.89. The van der Waals surface area contributed by atoms with Crippen LogP contribution in [0.5, 0.6) is 0 Å². The minimum Gasteiger partial charge on any atom is -0.370 e. The molecule has 3 heterocycles. The van der Waals surface area contributed by atoms with E-state index >= 15 is 0 Å². The van der Waals surface area contributed by atoms with Gasteiger partial charge in [-0.3, -0.25) is 9.88 Å². The van der Waals surface area contributed by atoms with E-state index in [4.69, 9.17) is 9.97 Å². The van der Waals surface area contributed by atoms with Gasteiger partial charge in [-0.2, -0.15) is 0 Å². The molecule has 2 aromatic heterocycles. The zero-order valence-corrected chi connectivity index (χ0v) is 21.7. The number of aromatic nitrogens is 3. The molecule has 0 aliphatic carbocycles. The van der Waals surface area contributed by atoms with Gasteiger partial charge in [0.05, 0.1) is 5.69 Å². The average Bonchev–Trinajstić information content (AvgIpc) is 2.89. The Hall–Kier alpha value is -3.03. The van der Waals surface area contributed by atoms with E-state index in [9.17, 15) is 0 Å². The van der Waals surface area contributed by atoms with Crippen LogP contribution in [-0.2, 0) is 6.54 Å². The lowest BCUT2D eigenvalue weighted by Crippen LogP contribution is -2.44. The van der Waals surface area contributed by atoms with Crippen molar-refractivity contribution in [2.24, 2.45) is 0 Å². The SMILES string of the molecule is CCN(CCCNc1nc(-c2ccc(N3CCN(C)CC3)cc2)nc(C)c1C)Cc1ccccn1. The van der Waals surface area contributed by atoms with E-state index in [-0.39, 0.29) is 0 Å². The summed E-state index contributed by atoms with van der Waals surface area (Å²) in [4.78, 5) is 21.4. The number of piperazine rings is 1. The van der Waals surface area contributed by atoms with Crippen molar-refractivity contribution in [2.75, 3.05) is 63.1 Å². The summed E-state index contributed by atoms with van der Waals surface area (Å²) in [5, 5.41) is 3.57. The van der Waals surface area contributed by atoms with Crippen LogP contribution in [0.1, 0.15) is 30.3 Å². The van der Waals surface area contributed by atoms with E-state index < -0.39 is 0 Å². The van der Waals surface area contributed by atoms with Gasteiger partial charge in [0.25, 0.3) is 0 Å². The molecule has 7 nitrogen and oxygen atoms in total. The van der Waals surface area contributed by atoms with Crippen LogP contribution in [-0.4, -0.2) is 77.6 Å². The molecule has 0 saturated carbocycles. The number of aryl methyl sites for hydroxylation is 1. The first-order valence-electron chi connectivity index (χ1n) is 12.8. The zero-order chi connectivity index (χ0) is 24.6. The van der Waals surface area contributed by atoms with Gasteiger partial charge in [-0.25, -0.2) is 9.97 Å². The quantitative estimate of drug-likeness (QED) is 0.442. The molecular weight excluding hydrogens is 434 g/mol. The Balaban J connectivity index is 1.35. The van der Waals surface area contributed by atoms with Gasteiger partial charge in [0.1, 0.15) is 5.82 Å². The van der Waals surface area contributed by atoms with Crippen LogP contribution in [0.3, 0.4) is 0 Å². The van der Waals surface area contributed by atoms with E-state index in [0.29, 0.717) is 0 Å². The van der Waals surface area contributed by atoms with E-state index in [1.165, 1.54) is 5.69 Å². The molecule has 1 aliphatic rings. The van der Waals surface area contributed by atoms with Gasteiger partial charge in [-0.15, -0.1) is 0 Å². The second-order valence-electron chi connectivity index (χ2n) is 9.41. The van der Waals surface area contributed by atoms with Crippen molar-refractivity contribution in [3.8, 4) is 11.4 Å². The maximum absolute atomic E-state index is 4.89. The summed E-state index contributed by atoms with van der Waals surface area (Å²) in [5.41, 5.74) is 5.58. The number of likely N-dealkylation sites (N-methyl/N-ethyl adjacent to an activating group) is 1. The summed E-state index contributed by atoms with van der Waals surface area (Å²) >= 11 is 0. The molecule has 0 amide bonds. The number of nitrogens with zero attached hydrogens (tertiary/aromatic N) is 6. The van der Waals surface area contributed by atoms with Crippen molar-refractivity contribution in [2.45, 2.75) is 33.7 Å². The fraction of sp³-hybridized carbons (Fsp3) is 0.464. The molecule has 0 radical (unpaired) electrons. The number of benzene rings is 1. The highest BCUT2D eigenvalue weighted by atomic mass is 15.2. The highest BCUT2D eigenvalue weighted by Gasteiger charge is 2.15. The summed E-state index contributed by atoms with van der Waals surface area (Å²) in [6, 6.07) is 14.8. The Bertz CT molecular complexity index is 1060. The van der Waals surface area contributed by atoms with Crippen molar-refractivity contribution < 1.29 is 0 Å². The Labute approximate surface area is 210 Å². The third-order valence-corrected chi connectivity index (χ3v) is 6.89. The summed E-state index contributed by atoms with van der Waals surface area (Å²) in [7, 11) is 2.19. The Morgan fingerprint density at radius 3 is 2.43 bits per heavy atom. The van der Waals surface area contributed by atoms with Crippen LogP contribution < -0.4 is 10.2 Å².